The highest BCUT2D eigenvalue weighted by Crippen LogP contribution is 2.28. The first-order valence-electron chi connectivity index (χ1n) is 8.14. The van der Waals surface area contributed by atoms with E-state index < -0.39 is 0 Å². The molecule has 1 saturated heterocycles. The second kappa shape index (κ2) is 7.29. The number of anilines is 1. The maximum absolute atomic E-state index is 11.1. The molecular formula is C16H23N5O2S. The molecule has 130 valence electrons. The lowest BCUT2D eigenvalue weighted by Gasteiger charge is -2.35. The Morgan fingerprint density at radius 3 is 2.75 bits per heavy atom. The summed E-state index contributed by atoms with van der Waals surface area (Å²) in [4.78, 5) is 13.4. The zero-order valence-electron chi connectivity index (χ0n) is 14.0. The maximum atomic E-state index is 11.1. The molecule has 2 N–H and O–H groups in total. The van der Waals surface area contributed by atoms with Gasteiger partial charge in [-0.05, 0) is 30.4 Å². The first-order valence-corrected chi connectivity index (χ1v) is 9.13. The van der Waals surface area contributed by atoms with E-state index in [9.17, 15) is 4.79 Å². The molecule has 0 saturated carbocycles. The molecule has 2 aromatic rings. The number of nitrogens with zero attached hydrogens (tertiary/aromatic N) is 4. The summed E-state index contributed by atoms with van der Waals surface area (Å²) in [7, 11) is 0. The second-order valence-electron chi connectivity index (χ2n) is 6.55. The standard InChI is InChI=1S/C16H23N5O2S/c1-11-6-12(2)8-20(7-11)15-18-19-16(24-10-14(17)22)21(15)9-13-4-3-5-23-13/h3-5,11-12H,6-10H2,1-2H3,(H2,17,22). The fourth-order valence-electron chi connectivity index (χ4n) is 3.28. The molecule has 0 aliphatic carbocycles. The van der Waals surface area contributed by atoms with Gasteiger partial charge in [-0.2, -0.15) is 0 Å². The molecule has 1 amide bonds. The predicted octanol–water partition coefficient (Wildman–Crippen LogP) is 1.98. The van der Waals surface area contributed by atoms with E-state index in [1.54, 1.807) is 6.26 Å². The summed E-state index contributed by atoms with van der Waals surface area (Å²) in [6, 6.07) is 3.79. The minimum absolute atomic E-state index is 0.184. The zero-order valence-corrected chi connectivity index (χ0v) is 14.8. The first-order chi connectivity index (χ1) is 11.5. The molecule has 24 heavy (non-hydrogen) atoms. The minimum Gasteiger partial charge on any atom is -0.467 e. The molecule has 0 radical (unpaired) electrons. The Bertz CT molecular complexity index is 675. The number of primary amides is 1. The number of carbonyl (C=O) groups excluding carboxylic acids is 1. The highest BCUT2D eigenvalue weighted by molar-refractivity contribution is 7.99. The van der Waals surface area contributed by atoms with Crippen LogP contribution >= 0.6 is 11.8 Å². The van der Waals surface area contributed by atoms with Gasteiger partial charge in [0.05, 0.1) is 18.6 Å². The topological polar surface area (TPSA) is 90.2 Å². The maximum Gasteiger partial charge on any atom is 0.228 e. The molecule has 2 unspecified atom stereocenters. The predicted molar refractivity (Wildman–Crippen MR) is 92.9 cm³/mol. The Morgan fingerprint density at radius 2 is 2.12 bits per heavy atom. The van der Waals surface area contributed by atoms with Crippen LogP contribution in [0.1, 0.15) is 26.0 Å². The Morgan fingerprint density at radius 1 is 1.38 bits per heavy atom. The van der Waals surface area contributed by atoms with E-state index in [4.69, 9.17) is 10.2 Å². The summed E-state index contributed by atoms with van der Waals surface area (Å²) in [6.07, 6.45) is 2.88. The van der Waals surface area contributed by atoms with E-state index >= 15 is 0 Å². The second-order valence-corrected chi connectivity index (χ2v) is 7.50. The van der Waals surface area contributed by atoms with Crippen LogP contribution in [0.5, 0.6) is 0 Å². The van der Waals surface area contributed by atoms with Gasteiger partial charge in [0, 0.05) is 13.1 Å². The van der Waals surface area contributed by atoms with Crippen molar-refractivity contribution in [2.24, 2.45) is 17.6 Å². The third-order valence-corrected chi connectivity index (χ3v) is 5.08. The number of amides is 1. The van der Waals surface area contributed by atoms with Crippen molar-refractivity contribution in [3.05, 3.63) is 24.2 Å². The average molecular weight is 349 g/mol. The van der Waals surface area contributed by atoms with Crippen molar-refractivity contribution in [1.29, 1.82) is 0 Å². The minimum atomic E-state index is -0.366. The fraction of sp³-hybridized carbons (Fsp3) is 0.562. The van der Waals surface area contributed by atoms with Crippen molar-refractivity contribution >= 4 is 23.6 Å². The molecule has 3 rings (SSSR count). The van der Waals surface area contributed by atoms with Gasteiger partial charge in [-0.15, -0.1) is 10.2 Å². The monoisotopic (exact) mass is 349 g/mol. The van der Waals surface area contributed by atoms with Gasteiger partial charge < -0.3 is 15.1 Å². The van der Waals surface area contributed by atoms with Crippen LogP contribution < -0.4 is 10.6 Å². The Kier molecular flexibility index (Phi) is 5.13. The molecule has 0 aromatic carbocycles. The SMILES string of the molecule is CC1CC(C)CN(c2nnc(SCC(N)=O)n2Cc2ccco2)C1. The van der Waals surface area contributed by atoms with Gasteiger partial charge in [-0.25, -0.2) is 0 Å². The van der Waals surface area contributed by atoms with Gasteiger partial charge in [0.2, 0.25) is 11.9 Å². The number of thioether (sulfide) groups is 1. The largest absolute Gasteiger partial charge is 0.467 e. The summed E-state index contributed by atoms with van der Waals surface area (Å²) >= 11 is 1.31. The van der Waals surface area contributed by atoms with Crippen LogP contribution in [0, 0.1) is 11.8 Å². The highest BCUT2D eigenvalue weighted by atomic mass is 32.2. The lowest BCUT2D eigenvalue weighted by molar-refractivity contribution is -0.115. The summed E-state index contributed by atoms with van der Waals surface area (Å²) in [5.41, 5.74) is 5.27. The van der Waals surface area contributed by atoms with Crippen LogP contribution in [0.4, 0.5) is 5.95 Å². The number of rotatable bonds is 6. The van der Waals surface area contributed by atoms with Crippen LogP contribution in [0.25, 0.3) is 0 Å². The summed E-state index contributed by atoms with van der Waals surface area (Å²) in [5, 5.41) is 9.36. The molecule has 1 aliphatic rings. The fourth-order valence-corrected chi connectivity index (χ4v) is 3.95. The van der Waals surface area contributed by atoms with E-state index in [0.717, 1.165) is 24.8 Å². The molecule has 0 bridgehead atoms. The molecule has 1 aliphatic heterocycles. The van der Waals surface area contributed by atoms with Crippen LogP contribution in [-0.2, 0) is 11.3 Å². The van der Waals surface area contributed by atoms with Gasteiger partial charge in [0.25, 0.3) is 0 Å². The van der Waals surface area contributed by atoms with Crippen LogP contribution in [-0.4, -0.2) is 39.5 Å². The number of hydrogen-bond donors (Lipinski definition) is 1. The van der Waals surface area contributed by atoms with E-state index in [1.165, 1.54) is 18.2 Å². The van der Waals surface area contributed by atoms with Gasteiger partial charge in [-0.1, -0.05) is 25.6 Å². The van der Waals surface area contributed by atoms with Crippen molar-refractivity contribution in [1.82, 2.24) is 14.8 Å². The lowest BCUT2D eigenvalue weighted by Crippen LogP contribution is -2.40. The lowest BCUT2D eigenvalue weighted by atomic mass is 9.92. The van der Waals surface area contributed by atoms with Gasteiger partial charge >= 0.3 is 0 Å². The Labute approximate surface area is 145 Å². The normalized spacial score (nSPS) is 21.2. The van der Waals surface area contributed by atoms with Crippen molar-refractivity contribution < 1.29 is 9.21 Å². The number of piperidine rings is 1. The highest BCUT2D eigenvalue weighted by Gasteiger charge is 2.27. The van der Waals surface area contributed by atoms with Crippen molar-refractivity contribution in [3.63, 3.8) is 0 Å². The molecule has 2 atom stereocenters. The van der Waals surface area contributed by atoms with Crippen LogP contribution in [0.15, 0.2) is 28.0 Å². The zero-order chi connectivity index (χ0) is 17.1. The van der Waals surface area contributed by atoms with E-state index in [2.05, 4.69) is 28.9 Å². The molecular weight excluding hydrogens is 326 g/mol. The third kappa shape index (κ3) is 3.92. The number of nitrogens with two attached hydrogens (primary N) is 1. The molecule has 7 nitrogen and oxygen atoms in total. The average Bonchev–Trinajstić information content (AvgIpc) is 3.14. The number of aromatic nitrogens is 3. The number of furan rings is 1. The Hall–Kier alpha value is -1.96. The van der Waals surface area contributed by atoms with Crippen molar-refractivity contribution in [3.8, 4) is 0 Å². The van der Waals surface area contributed by atoms with E-state index in [1.807, 2.05) is 16.7 Å². The summed E-state index contributed by atoms with van der Waals surface area (Å²) in [5.74, 6) is 2.71. The van der Waals surface area contributed by atoms with E-state index in [-0.39, 0.29) is 11.7 Å². The van der Waals surface area contributed by atoms with Crippen LogP contribution in [0.3, 0.4) is 0 Å². The van der Waals surface area contributed by atoms with Gasteiger partial charge in [0.1, 0.15) is 5.76 Å². The van der Waals surface area contributed by atoms with Gasteiger partial charge in [0.15, 0.2) is 5.16 Å². The molecule has 3 heterocycles. The quantitative estimate of drug-likeness (QED) is 0.802. The molecule has 0 spiro atoms. The van der Waals surface area contributed by atoms with E-state index in [0.29, 0.717) is 23.5 Å². The first kappa shape index (κ1) is 16.9. The summed E-state index contributed by atoms with van der Waals surface area (Å²) in [6.45, 7) is 6.98. The van der Waals surface area contributed by atoms with Crippen molar-refractivity contribution in [2.45, 2.75) is 32.0 Å². The Balaban J connectivity index is 1.88. The van der Waals surface area contributed by atoms with Crippen LogP contribution in [0.2, 0.25) is 0 Å². The van der Waals surface area contributed by atoms with Gasteiger partial charge in [-0.3, -0.25) is 9.36 Å². The molecule has 2 aromatic heterocycles. The smallest absolute Gasteiger partial charge is 0.228 e. The van der Waals surface area contributed by atoms with Crippen molar-refractivity contribution in [2.75, 3.05) is 23.7 Å². The summed E-state index contributed by atoms with van der Waals surface area (Å²) < 4.78 is 7.49. The number of hydrogen-bond acceptors (Lipinski definition) is 6. The third-order valence-electron chi connectivity index (χ3n) is 4.09. The molecule has 8 heteroatoms. The number of carbonyl (C=O) groups is 1. The molecule has 1 fully saturated rings.